The van der Waals surface area contributed by atoms with E-state index in [1.54, 1.807) is 7.11 Å². The molecule has 1 aliphatic rings. The zero-order valence-electron chi connectivity index (χ0n) is 18.4. The molecule has 0 amide bonds. The summed E-state index contributed by atoms with van der Waals surface area (Å²) in [4.78, 5) is 7.49. The molecule has 1 saturated heterocycles. The largest absolute Gasteiger partial charge is 0.497 e. The minimum Gasteiger partial charge on any atom is -0.497 e. The van der Waals surface area contributed by atoms with Crippen LogP contribution in [0.25, 0.3) is 22.8 Å². The average molecular weight is 425 g/mol. The lowest BCUT2D eigenvalue weighted by atomic mass is 10.1. The van der Waals surface area contributed by atoms with Gasteiger partial charge in [-0.1, -0.05) is 48.5 Å². The van der Waals surface area contributed by atoms with Crippen molar-refractivity contribution in [2.24, 2.45) is 0 Å². The fourth-order valence-electron chi connectivity index (χ4n) is 4.29. The Balaban J connectivity index is 1.50. The summed E-state index contributed by atoms with van der Waals surface area (Å²) in [6.07, 6.45) is 2.60. The highest BCUT2D eigenvalue weighted by Gasteiger charge is 2.16. The molecule has 0 aliphatic carbocycles. The monoisotopic (exact) mass is 424 g/mol. The summed E-state index contributed by atoms with van der Waals surface area (Å²) in [7, 11) is 1.68. The van der Waals surface area contributed by atoms with Crippen molar-refractivity contribution in [3.8, 4) is 28.5 Å². The summed E-state index contributed by atoms with van der Waals surface area (Å²) in [5.41, 5.74) is 4.59. The smallest absolute Gasteiger partial charge is 0.181 e. The molecule has 0 bridgehead atoms. The van der Waals surface area contributed by atoms with Gasteiger partial charge in [0.05, 0.1) is 13.7 Å². The highest BCUT2D eigenvalue weighted by Crippen LogP contribution is 2.26. The van der Waals surface area contributed by atoms with Crippen molar-refractivity contribution in [1.82, 2.24) is 19.7 Å². The number of methoxy groups -OCH3 is 1. The molecule has 4 aromatic rings. The summed E-state index contributed by atoms with van der Waals surface area (Å²) < 4.78 is 7.33. The summed E-state index contributed by atoms with van der Waals surface area (Å²) in [6, 6.07) is 27.1. The Hall–Kier alpha value is -3.44. The summed E-state index contributed by atoms with van der Waals surface area (Å²) in [5, 5.41) is 4.93. The highest BCUT2D eigenvalue weighted by molar-refractivity contribution is 5.63. The SMILES string of the molecule is COc1ccc(-c2nc(-c3cccc(CN4CCCC4)c3)nn2Cc2ccccc2)cc1. The number of nitrogens with zero attached hydrogens (tertiary/aromatic N) is 4. The van der Waals surface area contributed by atoms with Crippen LogP contribution in [0, 0.1) is 0 Å². The van der Waals surface area contributed by atoms with Crippen LogP contribution in [0.1, 0.15) is 24.0 Å². The predicted octanol–water partition coefficient (Wildman–Crippen LogP) is 5.26. The molecule has 5 nitrogen and oxygen atoms in total. The fraction of sp³-hybridized carbons (Fsp3) is 0.259. The fourth-order valence-corrected chi connectivity index (χ4v) is 4.29. The molecule has 1 aromatic heterocycles. The first-order valence-corrected chi connectivity index (χ1v) is 11.2. The molecule has 32 heavy (non-hydrogen) atoms. The normalized spacial score (nSPS) is 14.0. The molecular weight excluding hydrogens is 396 g/mol. The van der Waals surface area contributed by atoms with E-state index < -0.39 is 0 Å². The molecule has 0 atom stereocenters. The summed E-state index contributed by atoms with van der Waals surface area (Å²) >= 11 is 0. The van der Waals surface area contributed by atoms with E-state index in [9.17, 15) is 0 Å². The first-order valence-electron chi connectivity index (χ1n) is 11.2. The number of rotatable bonds is 7. The van der Waals surface area contributed by atoms with Crippen molar-refractivity contribution >= 4 is 0 Å². The topological polar surface area (TPSA) is 43.2 Å². The Labute approximate surface area is 189 Å². The zero-order valence-corrected chi connectivity index (χ0v) is 18.4. The van der Waals surface area contributed by atoms with Crippen LogP contribution < -0.4 is 4.74 Å². The van der Waals surface area contributed by atoms with Crippen molar-refractivity contribution in [3.63, 3.8) is 0 Å². The molecule has 2 heterocycles. The first kappa shape index (κ1) is 20.5. The second-order valence-electron chi connectivity index (χ2n) is 8.31. The second-order valence-corrected chi connectivity index (χ2v) is 8.31. The maximum atomic E-state index is 5.33. The Morgan fingerprint density at radius 2 is 1.53 bits per heavy atom. The minimum absolute atomic E-state index is 0.669. The standard InChI is InChI=1S/C27H28N4O/c1-32-25-14-12-23(13-15-25)27-28-26(29-31(27)20-21-8-3-2-4-9-21)24-11-7-10-22(18-24)19-30-16-5-6-17-30/h2-4,7-15,18H,5-6,16-17,19-20H2,1H3. The van der Waals surface area contributed by atoms with E-state index in [2.05, 4.69) is 53.4 Å². The van der Waals surface area contributed by atoms with Crippen molar-refractivity contribution in [3.05, 3.63) is 90.0 Å². The van der Waals surface area contributed by atoms with Crippen LogP contribution in [0.5, 0.6) is 5.75 Å². The average Bonchev–Trinajstić information content (AvgIpc) is 3.50. The third-order valence-electron chi connectivity index (χ3n) is 5.99. The molecular formula is C27H28N4O. The van der Waals surface area contributed by atoms with E-state index in [4.69, 9.17) is 14.8 Å². The lowest BCUT2D eigenvalue weighted by Crippen LogP contribution is -2.18. The van der Waals surface area contributed by atoms with Gasteiger partial charge < -0.3 is 4.74 Å². The number of aromatic nitrogens is 3. The Morgan fingerprint density at radius 3 is 2.28 bits per heavy atom. The van der Waals surface area contributed by atoms with Gasteiger partial charge in [0.15, 0.2) is 11.6 Å². The Morgan fingerprint density at radius 1 is 0.781 bits per heavy atom. The Kier molecular flexibility index (Phi) is 5.99. The second kappa shape index (κ2) is 9.37. The van der Waals surface area contributed by atoms with Gasteiger partial charge >= 0.3 is 0 Å². The lowest BCUT2D eigenvalue weighted by Gasteiger charge is -2.14. The third-order valence-corrected chi connectivity index (χ3v) is 5.99. The van der Waals surface area contributed by atoms with Crippen molar-refractivity contribution in [2.75, 3.05) is 20.2 Å². The van der Waals surface area contributed by atoms with Crippen LogP contribution in [0.4, 0.5) is 0 Å². The molecule has 1 aliphatic heterocycles. The van der Waals surface area contributed by atoms with Crippen LogP contribution >= 0.6 is 0 Å². The molecule has 162 valence electrons. The summed E-state index contributed by atoms with van der Waals surface area (Å²) in [5.74, 6) is 2.45. The van der Waals surface area contributed by atoms with Crippen LogP contribution in [0.2, 0.25) is 0 Å². The van der Waals surface area contributed by atoms with Crippen molar-refractivity contribution in [1.29, 1.82) is 0 Å². The molecule has 5 heteroatoms. The number of hydrogen-bond donors (Lipinski definition) is 0. The highest BCUT2D eigenvalue weighted by atomic mass is 16.5. The van der Waals surface area contributed by atoms with Gasteiger partial charge in [-0.25, -0.2) is 9.67 Å². The van der Waals surface area contributed by atoms with Gasteiger partial charge in [0.2, 0.25) is 0 Å². The van der Waals surface area contributed by atoms with E-state index in [0.29, 0.717) is 6.54 Å². The zero-order chi connectivity index (χ0) is 21.8. The number of benzene rings is 3. The predicted molar refractivity (Wildman–Crippen MR) is 128 cm³/mol. The van der Waals surface area contributed by atoms with Crippen LogP contribution in [-0.4, -0.2) is 39.9 Å². The molecule has 5 rings (SSSR count). The van der Waals surface area contributed by atoms with E-state index in [-0.39, 0.29) is 0 Å². The number of likely N-dealkylation sites (tertiary alicyclic amines) is 1. The van der Waals surface area contributed by atoms with Gasteiger partial charge in [-0.15, -0.1) is 0 Å². The quantitative estimate of drug-likeness (QED) is 0.406. The maximum absolute atomic E-state index is 5.33. The molecule has 0 N–H and O–H groups in total. The van der Waals surface area contributed by atoms with Gasteiger partial charge in [0.25, 0.3) is 0 Å². The van der Waals surface area contributed by atoms with Gasteiger partial charge in [0, 0.05) is 17.7 Å². The van der Waals surface area contributed by atoms with Crippen molar-refractivity contribution < 1.29 is 4.74 Å². The molecule has 0 unspecified atom stereocenters. The van der Waals surface area contributed by atoms with Gasteiger partial charge in [-0.05, 0) is 67.4 Å². The van der Waals surface area contributed by atoms with E-state index in [0.717, 1.165) is 35.1 Å². The maximum Gasteiger partial charge on any atom is 0.181 e. The van der Waals surface area contributed by atoms with Crippen LogP contribution in [0.15, 0.2) is 78.9 Å². The Bertz CT molecular complexity index is 1160. The molecule has 3 aromatic carbocycles. The van der Waals surface area contributed by atoms with Crippen LogP contribution in [0.3, 0.4) is 0 Å². The van der Waals surface area contributed by atoms with E-state index >= 15 is 0 Å². The van der Waals surface area contributed by atoms with E-state index in [1.807, 2.05) is 35.0 Å². The van der Waals surface area contributed by atoms with E-state index in [1.165, 1.54) is 37.1 Å². The van der Waals surface area contributed by atoms with Gasteiger partial charge in [-0.2, -0.15) is 5.10 Å². The number of hydrogen-bond acceptors (Lipinski definition) is 4. The lowest BCUT2D eigenvalue weighted by molar-refractivity contribution is 0.331. The summed E-state index contributed by atoms with van der Waals surface area (Å²) in [6.45, 7) is 4.04. The molecule has 0 radical (unpaired) electrons. The molecule has 0 spiro atoms. The van der Waals surface area contributed by atoms with Crippen LogP contribution in [-0.2, 0) is 13.1 Å². The number of ether oxygens (including phenoxy) is 1. The van der Waals surface area contributed by atoms with Gasteiger partial charge in [0.1, 0.15) is 5.75 Å². The molecule has 1 fully saturated rings. The van der Waals surface area contributed by atoms with Gasteiger partial charge in [-0.3, -0.25) is 4.90 Å². The minimum atomic E-state index is 0.669. The van der Waals surface area contributed by atoms with Crippen molar-refractivity contribution in [2.45, 2.75) is 25.9 Å². The first-order chi connectivity index (χ1) is 15.8. The third kappa shape index (κ3) is 4.58. The molecule has 0 saturated carbocycles.